The van der Waals surface area contributed by atoms with Crippen molar-refractivity contribution in [1.29, 1.82) is 0 Å². The van der Waals surface area contributed by atoms with Crippen LogP contribution in [0.15, 0.2) is 18.3 Å². The highest BCUT2D eigenvalue weighted by Crippen LogP contribution is 2.22. The summed E-state index contributed by atoms with van der Waals surface area (Å²) >= 11 is 0. The molecule has 0 saturated carbocycles. The lowest BCUT2D eigenvalue weighted by atomic mass is 10.1. The molecule has 2 N–H and O–H groups in total. The van der Waals surface area contributed by atoms with Crippen LogP contribution in [0.2, 0.25) is 0 Å². The zero-order valence-corrected chi connectivity index (χ0v) is 11.0. The summed E-state index contributed by atoms with van der Waals surface area (Å²) in [7, 11) is 0. The smallest absolute Gasteiger partial charge is 0.272 e. The first-order valence-corrected chi connectivity index (χ1v) is 6.06. The van der Waals surface area contributed by atoms with Gasteiger partial charge in [-0.05, 0) is 32.9 Å². The third kappa shape index (κ3) is 2.79. The molecule has 2 heterocycles. The number of carbonyl (C=O) groups is 1. The number of pyridine rings is 1. The summed E-state index contributed by atoms with van der Waals surface area (Å²) in [5.41, 5.74) is 6.28. The predicted octanol–water partition coefficient (Wildman–Crippen LogP) is 1.30. The van der Waals surface area contributed by atoms with Crippen molar-refractivity contribution in [2.45, 2.75) is 32.5 Å². The Kier molecular flexibility index (Phi) is 3.26. The van der Waals surface area contributed by atoms with Crippen LogP contribution < -0.4 is 5.73 Å². The first-order valence-electron chi connectivity index (χ1n) is 6.06. The van der Waals surface area contributed by atoms with Crippen LogP contribution in [0, 0.1) is 0 Å². The van der Waals surface area contributed by atoms with E-state index in [0.29, 0.717) is 24.5 Å². The van der Waals surface area contributed by atoms with Crippen LogP contribution in [0.25, 0.3) is 0 Å². The first-order chi connectivity index (χ1) is 8.37. The van der Waals surface area contributed by atoms with E-state index in [4.69, 9.17) is 10.5 Å². The molecule has 0 spiro atoms. The quantitative estimate of drug-likeness (QED) is 0.814. The molecule has 1 saturated heterocycles. The zero-order valence-electron chi connectivity index (χ0n) is 11.0. The molecule has 1 aliphatic heterocycles. The maximum Gasteiger partial charge on any atom is 0.272 e. The standard InChI is InChI=1S/C13H19N3O2/c1-9-7-16(8-13(2,3)18-9)12(17)11-6-10(14)4-5-15-11/h4-6,9H,7-8H2,1-3H3,(H2,14,15). The van der Waals surface area contributed by atoms with Crippen LogP contribution >= 0.6 is 0 Å². The molecule has 1 aromatic heterocycles. The maximum atomic E-state index is 12.3. The minimum atomic E-state index is -0.326. The number of carbonyl (C=O) groups excluding carboxylic acids is 1. The van der Waals surface area contributed by atoms with E-state index in [9.17, 15) is 4.79 Å². The molecule has 5 heteroatoms. The number of ether oxygens (including phenoxy) is 1. The summed E-state index contributed by atoms with van der Waals surface area (Å²) in [5.74, 6) is -0.0921. The Morgan fingerprint density at radius 1 is 1.61 bits per heavy atom. The lowest BCUT2D eigenvalue weighted by Gasteiger charge is -2.41. The predicted molar refractivity (Wildman–Crippen MR) is 69.2 cm³/mol. The maximum absolute atomic E-state index is 12.3. The van der Waals surface area contributed by atoms with Crippen LogP contribution in [0.3, 0.4) is 0 Å². The van der Waals surface area contributed by atoms with Crippen molar-refractivity contribution < 1.29 is 9.53 Å². The van der Waals surface area contributed by atoms with E-state index in [1.54, 1.807) is 23.2 Å². The van der Waals surface area contributed by atoms with Crippen molar-refractivity contribution >= 4 is 11.6 Å². The Morgan fingerprint density at radius 3 is 2.94 bits per heavy atom. The number of anilines is 1. The van der Waals surface area contributed by atoms with Gasteiger partial charge in [-0.3, -0.25) is 9.78 Å². The Labute approximate surface area is 107 Å². The minimum Gasteiger partial charge on any atom is -0.399 e. The molecule has 18 heavy (non-hydrogen) atoms. The van der Waals surface area contributed by atoms with Crippen molar-refractivity contribution in [3.63, 3.8) is 0 Å². The molecule has 0 radical (unpaired) electrons. The van der Waals surface area contributed by atoms with Crippen molar-refractivity contribution in [1.82, 2.24) is 9.88 Å². The van der Waals surface area contributed by atoms with Crippen LogP contribution in [0.4, 0.5) is 5.69 Å². The number of hydrogen-bond donors (Lipinski definition) is 1. The average molecular weight is 249 g/mol. The fraction of sp³-hybridized carbons (Fsp3) is 0.538. The lowest BCUT2D eigenvalue weighted by Crippen LogP contribution is -2.53. The fourth-order valence-corrected chi connectivity index (χ4v) is 2.33. The van der Waals surface area contributed by atoms with Gasteiger partial charge in [0, 0.05) is 25.0 Å². The van der Waals surface area contributed by atoms with Crippen molar-refractivity contribution in [3.05, 3.63) is 24.0 Å². The van der Waals surface area contributed by atoms with Gasteiger partial charge in [-0.15, -0.1) is 0 Å². The van der Waals surface area contributed by atoms with E-state index in [1.807, 2.05) is 20.8 Å². The Morgan fingerprint density at radius 2 is 2.33 bits per heavy atom. The van der Waals surface area contributed by atoms with Crippen molar-refractivity contribution in [2.75, 3.05) is 18.8 Å². The Bertz CT molecular complexity index is 459. The van der Waals surface area contributed by atoms with Gasteiger partial charge in [-0.2, -0.15) is 0 Å². The molecule has 98 valence electrons. The third-order valence-electron chi connectivity index (χ3n) is 2.86. The van der Waals surface area contributed by atoms with Gasteiger partial charge in [-0.1, -0.05) is 0 Å². The largest absolute Gasteiger partial charge is 0.399 e. The van der Waals surface area contributed by atoms with Gasteiger partial charge in [0.15, 0.2) is 0 Å². The SMILES string of the molecule is CC1CN(C(=O)c2cc(N)ccn2)CC(C)(C)O1. The normalized spacial score (nSPS) is 22.8. The monoisotopic (exact) mass is 249 g/mol. The second-order valence-corrected chi connectivity index (χ2v) is 5.35. The molecule has 0 aliphatic carbocycles. The third-order valence-corrected chi connectivity index (χ3v) is 2.86. The number of amides is 1. The molecule has 5 nitrogen and oxygen atoms in total. The number of nitrogens with two attached hydrogens (primary N) is 1. The summed E-state index contributed by atoms with van der Waals surface area (Å²) in [6.07, 6.45) is 1.58. The van der Waals surface area contributed by atoms with E-state index in [-0.39, 0.29) is 17.6 Å². The molecule has 0 bridgehead atoms. The second-order valence-electron chi connectivity index (χ2n) is 5.35. The summed E-state index contributed by atoms with van der Waals surface area (Å²) in [5, 5.41) is 0. The first kappa shape index (κ1) is 12.8. The number of nitrogen functional groups attached to an aromatic ring is 1. The van der Waals surface area contributed by atoms with Gasteiger partial charge in [0.25, 0.3) is 5.91 Å². The molecule has 2 rings (SSSR count). The molecule has 1 amide bonds. The van der Waals surface area contributed by atoms with Crippen LogP contribution in [-0.2, 0) is 4.74 Å². The summed E-state index contributed by atoms with van der Waals surface area (Å²) < 4.78 is 5.77. The van der Waals surface area contributed by atoms with E-state index in [2.05, 4.69) is 4.98 Å². The lowest BCUT2D eigenvalue weighted by molar-refractivity contribution is -0.118. The van der Waals surface area contributed by atoms with Crippen LogP contribution in [0.1, 0.15) is 31.3 Å². The summed E-state index contributed by atoms with van der Waals surface area (Å²) in [6.45, 7) is 7.07. The Balaban J connectivity index is 2.18. The van der Waals surface area contributed by atoms with E-state index >= 15 is 0 Å². The van der Waals surface area contributed by atoms with Gasteiger partial charge in [0.05, 0.1) is 11.7 Å². The molecule has 1 unspecified atom stereocenters. The Hall–Kier alpha value is -1.62. The average Bonchev–Trinajstić information content (AvgIpc) is 2.25. The fourth-order valence-electron chi connectivity index (χ4n) is 2.33. The highest BCUT2D eigenvalue weighted by Gasteiger charge is 2.34. The number of rotatable bonds is 1. The van der Waals surface area contributed by atoms with Gasteiger partial charge >= 0.3 is 0 Å². The van der Waals surface area contributed by atoms with Crippen molar-refractivity contribution in [3.8, 4) is 0 Å². The van der Waals surface area contributed by atoms with Gasteiger partial charge in [-0.25, -0.2) is 0 Å². The molecule has 1 fully saturated rings. The molecule has 0 aromatic carbocycles. The van der Waals surface area contributed by atoms with Gasteiger partial charge < -0.3 is 15.4 Å². The minimum absolute atomic E-state index is 0.0266. The number of morpholine rings is 1. The topological polar surface area (TPSA) is 68.5 Å². The van der Waals surface area contributed by atoms with Crippen LogP contribution in [-0.4, -0.2) is 40.6 Å². The van der Waals surface area contributed by atoms with E-state index < -0.39 is 0 Å². The van der Waals surface area contributed by atoms with Crippen molar-refractivity contribution in [2.24, 2.45) is 0 Å². The van der Waals surface area contributed by atoms with E-state index in [1.165, 1.54) is 0 Å². The molecular weight excluding hydrogens is 230 g/mol. The number of nitrogens with zero attached hydrogens (tertiary/aromatic N) is 2. The number of hydrogen-bond acceptors (Lipinski definition) is 4. The van der Waals surface area contributed by atoms with Crippen LogP contribution in [0.5, 0.6) is 0 Å². The van der Waals surface area contributed by atoms with Gasteiger partial charge in [0.2, 0.25) is 0 Å². The highest BCUT2D eigenvalue weighted by atomic mass is 16.5. The molecule has 1 aromatic rings. The molecule has 1 aliphatic rings. The van der Waals surface area contributed by atoms with E-state index in [0.717, 1.165) is 0 Å². The highest BCUT2D eigenvalue weighted by molar-refractivity contribution is 5.93. The second kappa shape index (κ2) is 4.57. The molecule has 1 atom stereocenters. The number of aromatic nitrogens is 1. The zero-order chi connectivity index (χ0) is 13.3. The molecular formula is C13H19N3O2. The summed E-state index contributed by atoms with van der Waals surface area (Å²) in [6, 6.07) is 3.28. The summed E-state index contributed by atoms with van der Waals surface area (Å²) in [4.78, 5) is 18.2. The van der Waals surface area contributed by atoms with Gasteiger partial charge in [0.1, 0.15) is 5.69 Å².